The Kier molecular flexibility index (Phi) is 3.10. The number of rotatable bonds is 2. The van der Waals surface area contributed by atoms with Crippen LogP contribution in [-0.4, -0.2) is 12.7 Å². The summed E-state index contributed by atoms with van der Waals surface area (Å²) in [5.41, 5.74) is 0.745. The molecule has 0 saturated carbocycles. The molecule has 2 atom stereocenters. The molecule has 15 heavy (non-hydrogen) atoms. The quantitative estimate of drug-likeness (QED) is 0.789. The van der Waals surface area contributed by atoms with E-state index in [4.69, 9.17) is 9.05 Å². The fourth-order valence-electron chi connectivity index (χ4n) is 1.39. The lowest BCUT2D eigenvalue weighted by Gasteiger charge is -2.28. The van der Waals surface area contributed by atoms with E-state index < -0.39 is 7.75 Å². The molecule has 1 aromatic rings. The number of nitrogens with one attached hydrogen (secondary N) is 1. The van der Waals surface area contributed by atoms with Crippen LogP contribution in [-0.2, 0) is 13.6 Å². The zero-order valence-corrected chi connectivity index (χ0v) is 9.44. The third kappa shape index (κ3) is 2.81. The van der Waals surface area contributed by atoms with Crippen LogP contribution in [0.3, 0.4) is 0 Å². The van der Waals surface area contributed by atoms with Crippen LogP contribution < -0.4 is 5.09 Å². The van der Waals surface area contributed by atoms with Crippen molar-refractivity contribution in [2.24, 2.45) is 0 Å². The fraction of sp³-hybridized carbons (Fsp3) is 0.400. The molecule has 2 unspecified atom stereocenters. The first-order valence-corrected chi connectivity index (χ1v) is 6.48. The van der Waals surface area contributed by atoms with E-state index in [1.54, 1.807) is 0 Å². The molecule has 5 heteroatoms. The molecule has 1 fully saturated rings. The summed E-state index contributed by atoms with van der Waals surface area (Å²) in [7, 11) is -3.14. The van der Waals surface area contributed by atoms with Gasteiger partial charge in [-0.15, -0.1) is 0 Å². The van der Waals surface area contributed by atoms with Crippen molar-refractivity contribution >= 4 is 13.4 Å². The molecule has 4 nitrogen and oxygen atoms in total. The van der Waals surface area contributed by atoms with Crippen molar-refractivity contribution in [2.75, 3.05) is 11.7 Å². The van der Waals surface area contributed by atoms with Gasteiger partial charge >= 0.3 is 7.75 Å². The van der Waals surface area contributed by atoms with Crippen molar-refractivity contribution in [1.29, 1.82) is 0 Å². The van der Waals surface area contributed by atoms with Gasteiger partial charge in [0.1, 0.15) is 0 Å². The summed E-state index contributed by atoms with van der Waals surface area (Å²) in [6.45, 7) is 2.36. The van der Waals surface area contributed by atoms with Crippen molar-refractivity contribution in [1.82, 2.24) is 0 Å². The highest BCUT2D eigenvalue weighted by molar-refractivity contribution is 7.55. The Labute approximate surface area is 89.2 Å². The average molecular weight is 227 g/mol. The molecular weight excluding hydrogens is 213 g/mol. The fourth-order valence-corrected chi connectivity index (χ4v) is 2.96. The van der Waals surface area contributed by atoms with Crippen LogP contribution in [0.4, 0.5) is 5.69 Å². The van der Waals surface area contributed by atoms with Crippen LogP contribution in [0.15, 0.2) is 30.3 Å². The standard InChI is InChI=1S/C10H14NO3P/c1-9-7-8-13-15(12,14-9)11-10-5-3-2-4-6-10/h2-6,9H,7-8H2,1H3,(H,11,12). The minimum Gasteiger partial charge on any atom is -0.293 e. The van der Waals surface area contributed by atoms with Gasteiger partial charge in [0.15, 0.2) is 0 Å². The number of hydrogen-bond acceptors (Lipinski definition) is 3. The minimum atomic E-state index is -3.14. The van der Waals surface area contributed by atoms with Crippen LogP contribution in [0.5, 0.6) is 0 Å². The maximum absolute atomic E-state index is 12.1. The van der Waals surface area contributed by atoms with Crippen LogP contribution in [0, 0.1) is 0 Å². The van der Waals surface area contributed by atoms with Crippen molar-refractivity contribution < 1.29 is 13.6 Å². The van der Waals surface area contributed by atoms with E-state index >= 15 is 0 Å². The lowest BCUT2D eigenvalue weighted by atomic mass is 10.3. The lowest BCUT2D eigenvalue weighted by molar-refractivity contribution is 0.0955. The Balaban J connectivity index is 2.07. The average Bonchev–Trinajstić information content (AvgIpc) is 2.18. The Hall–Kier alpha value is -0.830. The molecule has 1 N–H and O–H groups in total. The van der Waals surface area contributed by atoms with Gasteiger partial charge in [0, 0.05) is 5.69 Å². The van der Waals surface area contributed by atoms with Gasteiger partial charge in [0.2, 0.25) is 0 Å². The Bertz CT molecular complexity index is 368. The minimum absolute atomic E-state index is 0.0270. The van der Waals surface area contributed by atoms with E-state index in [-0.39, 0.29) is 6.10 Å². The molecule has 1 aromatic carbocycles. The number of benzene rings is 1. The van der Waals surface area contributed by atoms with E-state index in [1.165, 1.54) is 0 Å². The Morgan fingerprint density at radius 1 is 1.40 bits per heavy atom. The first kappa shape index (κ1) is 10.7. The van der Waals surface area contributed by atoms with E-state index in [0.29, 0.717) is 6.61 Å². The number of para-hydroxylation sites is 1. The summed E-state index contributed by atoms with van der Waals surface area (Å²) >= 11 is 0. The van der Waals surface area contributed by atoms with Gasteiger partial charge in [-0.05, 0) is 25.5 Å². The third-order valence-corrected chi connectivity index (χ3v) is 3.84. The Morgan fingerprint density at radius 3 is 2.80 bits per heavy atom. The van der Waals surface area contributed by atoms with E-state index in [1.807, 2.05) is 37.3 Å². The molecule has 1 saturated heterocycles. The predicted molar refractivity (Wildman–Crippen MR) is 58.8 cm³/mol. The molecule has 82 valence electrons. The lowest BCUT2D eigenvalue weighted by Crippen LogP contribution is -2.20. The number of hydrogen-bond donors (Lipinski definition) is 1. The molecule has 1 aliphatic rings. The van der Waals surface area contributed by atoms with Crippen molar-refractivity contribution in [3.8, 4) is 0 Å². The molecule has 0 radical (unpaired) electrons. The summed E-state index contributed by atoms with van der Waals surface area (Å²) in [5, 5.41) is 2.80. The SMILES string of the molecule is CC1CCOP(=O)(Nc2ccccc2)O1. The maximum atomic E-state index is 12.1. The van der Waals surface area contributed by atoms with Crippen molar-refractivity contribution in [3.63, 3.8) is 0 Å². The highest BCUT2D eigenvalue weighted by Crippen LogP contribution is 2.51. The van der Waals surface area contributed by atoms with E-state index in [2.05, 4.69) is 5.09 Å². The van der Waals surface area contributed by atoms with Crippen LogP contribution in [0.2, 0.25) is 0 Å². The smallest absolute Gasteiger partial charge is 0.293 e. The zero-order valence-electron chi connectivity index (χ0n) is 8.55. The molecule has 1 aliphatic heterocycles. The highest BCUT2D eigenvalue weighted by Gasteiger charge is 2.31. The molecule has 0 aliphatic carbocycles. The molecular formula is C10H14NO3P. The highest BCUT2D eigenvalue weighted by atomic mass is 31.2. The predicted octanol–water partition coefficient (Wildman–Crippen LogP) is 3.03. The van der Waals surface area contributed by atoms with Gasteiger partial charge in [-0.2, -0.15) is 0 Å². The molecule has 0 bridgehead atoms. The van der Waals surface area contributed by atoms with Gasteiger partial charge in [-0.3, -0.25) is 14.1 Å². The normalized spacial score (nSPS) is 31.1. The summed E-state index contributed by atoms with van der Waals surface area (Å²) in [6.07, 6.45) is 0.751. The van der Waals surface area contributed by atoms with E-state index in [0.717, 1.165) is 12.1 Å². The topological polar surface area (TPSA) is 47.6 Å². The van der Waals surface area contributed by atoms with Gasteiger partial charge in [0.05, 0.1) is 12.7 Å². The number of anilines is 1. The molecule has 0 spiro atoms. The van der Waals surface area contributed by atoms with Crippen LogP contribution in [0.1, 0.15) is 13.3 Å². The monoisotopic (exact) mass is 227 g/mol. The van der Waals surface area contributed by atoms with Gasteiger partial charge in [-0.1, -0.05) is 18.2 Å². The maximum Gasteiger partial charge on any atom is 0.432 e. The van der Waals surface area contributed by atoms with Crippen LogP contribution in [0.25, 0.3) is 0 Å². The first-order chi connectivity index (χ1) is 7.18. The summed E-state index contributed by atoms with van der Waals surface area (Å²) in [4.78, 5) is 0. The van der Waals surface area contributed by atoms with E-state index in [9.17, 15) is 4.57 Å². The van der Waals surface area contributed by atoms with Crippen molar-refractivity contribution in [3.05, 3.63) is 30.3 Å². The van der Waals surface area contributed by atoms with Crippen molar-refractivity contribution in [2.45, 2.75) is 19.4 Å². The second-order valence-corrected chi connectivity index (χ2v) is 5.20. The summed E-state index contributed by atoms with van der Waals surface area (Å²) in [5.74, 6) is 0. The van der Waals surface area contributed by atoms with Gasteiger partial charge in [-0.25, -0.2) is 4.57 Å². The molecule has 2 rings (SSSR count). The summed E-state index contributed by atoms with van der Waals surface area (Å²) in [6, 6.07) is 9.27. The van der Waals surface area contributed by atoms with Crippen LogP contribution >= 0.6 is 7.75 Å². The second-order valence-electron chi connectivity index (χ2n) is 3.51. The Morgan fingerprint density at radius 2 is 2.13 bits per heavy atom. The molecule has 0 amide bonds. The second kappa shape index (κ2) is 4.35. The largest absolute Gasteiger partial charge is 0.432 e. The molecule has 0 aromatic heterocycles. The third-order valence-electron chi connectivity index (χ3n) is 2.14. The molecule has 1 heterocycles. The first-order valence-electron chi connectivity index (χ1n) is 4.94. The zero-order chi connectivity index (χ0) is 10.7. The van der Waals surface area contributed by atoms with Gasteiger partial charge < -0.3 is 0 Å². The van der Waals surface area contributed by atoms with Gasteiger partial charge in [0.25, 0.3) is 0 Å². The summed E-state index contributed by atoms with van der Waals surface area (Å²) < 4.78 is 22.5.